The lowest BCUT2D eigenvalue weighted by Crippen LogP contribution is -2.35. The highest BCUT2D eigenvalue weighted by molar-refractivity contribution is 7.91. The van der Waals surface area contributed by atoms with Gasteiger partial charge < -0.3 is 10.5 Å². The van der Waals surface area contributed by atoms with Crippen molar-refractivity contribution in [1.82, 2.24) is 29.5 Å². The first-order valence-corrected chi connectivity index (χ1v) is 12.8. The first-order valence-electron chi connectivity index (χ1n) is 11.4. The average molecular weight is 499 g/mol. The third-order valence-electron chi connectivity index (χ3n) is 5.87. The van der Waals surface area contributed by atoms with E-state index in [1.165, 1.54) is 21.5 Å². The Bertz CT molecular complexity index is 1290. The summed E-state index contributed by atoms with van der Waals surface area (Å²) in [4.78, 5) is 5.52. The fourth-order valence-electron chi connectivity index (χ4n) is 3.57. The standard InChI is InChI=1S/C23H30N8O3S/c1-4-31-27-22(26-28-31)18-7-9-19(10-8-18)34-17-12-23(2,3)11-14-29-15-16-30(35(29,32)33)20-6-5-13-25-21(20)24/h5-10,13,15-16H,4,11-12,14,17H2,1-3H3,(H2,24,25). The van der Waals surface area contributed by atoms with Gasteiger partial charge in [-0.25, -0.2) is 9.29 Å². The summed E-state index contributed by atoms with van der Waals surface area (Å²) in [6.45, 7) is 7.69. The van der Waals surface area contributed by atoms with Gasteiger partial charge in [-0.15, -0.1) is 10.2 Å². The van der Waals surface area contributed by atoms with Gasteiger partial charge in [-0.3, -0.25) is 4.31 Å². The summed E-state index contributed by atoms with van der Waals surface area (Å²) < 4.78 is 34.4. The van der Waals surface area contributed by atoms with E-state index >= 15 is 0 Å². The normalized spacial score (nSPS) is 15.1. The van der Waals surface area contributed by atoms with Crippen LogP contribution in [0, 0.1) is 5.41 Å². The monoisotopic (exact) mass is 498 g/mol. The Morgan fingerprint density at radius 2 is 1.86 bits per heavy atom. The molecule has 3 aromatic rings. The molecule has 35 heavy (non-hydrogen) atoms. The summed E-state index contributed by atoms with van der Waals surface area (Å²) in [6.07, 6.45) is 6.01. The molecule has 0 saturated carbocycles. The number of anilines is 2. The van der Waals surface area contributed by atoms with Crippen LogP contribution >= 0.6 is 0 Å². The van der Waals surface area contributed by atoms with Crippen LogP contribution in [-0.2, 0) is 16.8 Å². The van der Waals surface area contributed by atoms with E-state index in [0.29, 0.717) is 37.6 Å². The molecule has 186 valence electrons. The van der Waals surface area contributed by atoms with E-state index in [0.717, 1.165) is 22.0 Å². The SMILES string of the molecule is CCn1nnc(-c2ccc(OCCC(C)(C)CCN3C=CN(c4cccnc4N)S3(=O)=O)cc2)n1. The Labute approximate surface area is 205 Å². The van der Waals surface area contributed by atoms with Gasteiger partial charge in [0.2, 0.25) is 5.82 Å². The number of nitrogens with two attached hydrogens (primary N) is 1. The molecule has 0 fully saturated rings. The fourth-order valence-corrected chi connectivity index (χ4v) is 4.94. The van der Waals surface area contributed by atoms with Gasteiger partial charge in [0.15, 0.2) is 0 Å². The summed E-state index contributed by atoms with van der Waals surface area (Å²) in [7, 11) is -3.73. The minimum atomic E-state index is -3.73. The summed E-state index contributed by atoms with van der Waals surface area (Å²) in [5, 5.41) is 12.3. The Morgan fingerprint density at radius 3 is 2.54 bits per heavy atom. The number of aromatic nitrogens is 5. The lowest BCUT2D eigenvalue weighted by Gasteiger charge is -2.28. The van der Waals surface area contributed by atoms with Crippen LogP contribution in [0.1, 0.15) is 33.6 Å². The largest absolute Gasteiger partial charge is 0.494 e. The Hall–Kier alpha value is -3.67. The average Bonchev–Trinajstić information content (AvgIpc) is 3.42. The van der Waals surface area contributed by atoms with Crippen LogP contribution in [-0.4, -0.2) is 51.1 Å². The maximum atomic E-state index is 13.0. The summed E-state index contributed by atoms with van der Waals surface area (Å²) in [5.41, 5.74) is 6.95. The first-order chi connectivity index (χ1) is 16.7. The number of benzene rings is 1. The molecule has 1 aliphatic rings. The molecule has 0 aliphatic carbocycles. The lowest BCUT2D eigenvalue weighted by molar-refractivity contribution is 0.211. The van der Waals surface area contributed by atoms with Crippen LogP contribution in [0.15, 0.2) is 55.0 Å². The Balaban J connectivity index is 1.27. The van der Waals surface area contributed by atoms with E-state index in [2.05, 4.69) is 34.2 Å². The number of ether oxygens (including phenoxy) is 1. The van der Waals surface area contributed by atoms with E-state index in [9.17, 15) is 8.42 Å². The molecule has 2 N–H and O–H groups in total. The van der Waals surface area contributed by atoms with Gasteiger partial charge >= 0.3 is 10.2 Å². The Kier molecular flexibility index (Phi) is 6.92. The quantitative estimate of drug-likeness (QED) is 0.451. The molecule has 12 heteroatoms. The van der Waals surface area contributed by atoms with Crippen LogP contribution in [0.2, 0.25) is 0 Å². The van der Waals surface area contributed by atoms with Crippen molar-refractivity contribution < 1.29 is 13.2 Å². The molecule has 0 radical (unpaired) electrons. The van der Waals surface area contributed by atoms with Crippen LogP contribution in [0.5, 0.6) is 5.75 Å². The third-order valence-corrected chi connectivity index (χ3v) is 7.58. The van der Waals surface area contributed by atoms with Gasteiger partial charge in [0.25, 0.3) is 0 Å². The predicted octanol–water partition coefficient (Wildman–Crippen LogP) is 3.06. The molecule has 0 atom stereocenters. The number of hydrogen-bond donors (Lipinski definition) is 1. The van der Waals surface area contributed by atoms with Gasteiger partial charge in [0.05, 0.1) is 13.2 Å². The molecule has 3 heterocycles. The molecule has 0 bridgehead atoms. The second-order valence-electron chi connectivity index (χ2n) is 8.96. The van der Waals surface area contributed by atoms with Crippen molar-refractivity contribution in [3.63, 3.8) is 0 Å². The van der Waals surface area contributed by atoms with Gasteiger partial charge in [0, 0.05) is 30.7 Å². The number of hydrogen-bond acceptors (Lipinski definition) is 8. The highest BCUT2D eigenvalue weighted by Crippen LogP contribution is 2.32. The fraction of sp³-hybridized carbons (Fsp3) is 0.391. The van der Waals surface area contributed by atoms with Crippen molar-refractivity contribution in [3.8, 4) is 17.1 Å². The van der Waals surface area contributed by atoms with E-state index in [1.807, 2.05) is 31.2 Å². The maximum absolute atomic E-state index is 13.0. The van der Waals surface area contributed by atoms with Crippen LogP contribution in [0.4, 0.5) is 11.5 Å². The van der Waals surface area contributed by atoms with Crippen molar-refractivity contribution in [2.24, 2.45) is 5.41 Å². The molecule has 0 amide bonds. The van der Waals surface area contributed by atoms with Gasteiger partial charge in [0.1, 0.15) is 17.3 Å². The zero-order valence-electron chi connectivity index (χ0n) is 20.1. The highest BCUT2D eigenvalue weighted by atomic mass is 32.2. The van der Waals surface area contributed by atoms with Crippen LogP contribution < -0.4 is 14.8 Å². The number of aryl methyl sites for hydroxylation is 1. The van der Waals surface area contributed by atoms with Gasteiger partial charge in [-0.1, -0.05) is 13.8 Å². The highest BCUT2D eigenvalue weighted by Gasteiger charge is 2.34. The summed E-state index contributed by atoms with van der Waals surface area (Å²) in [6, 6.07) is 10.9. The second kappa shape index (κ2) is 9.90. The zero-order valence-corrected chi connectivity index (χ0v) is 20.9. The molecule has 0 unspecified atom stereocenters. The molecule has 0 spiro atoms. The number of pyridine rings is 1. The molecule has 4 rings (SSSR count). The van der Waals surface area contributed by atoms with E-state index in [-0.39, 0.29) is 11.2 Å². The smallest absolute Gasteiger partial charge is 0.330 e. The van der Waals surface area contributed by atoms with Crippen molar-refractivity contribution >= 4 is 21.7 Å². The van der Waals surface area contributed by atoms with Crippen molar-refractivity contribution in [3.05, 3.63) is 55.0 Å². The number of tetrazole rings is 1. The number of rotatable bonds is 10. The van der Waals surface area contributed by atoms with Crippen molar-refractivity contribution in [1.29, 1.82) is 0 Å². The third kappa shape index (κ3) is 5.53. The summed E-state index contributed by atoms with van der Waals surface area (Å²) >= 11 is 0. The van der Waals surface area contributed by atoms with E-state index in [1.54, 1.807) is 18.3 Å². The molecular weight excluding hydrogens is 468 g/mol. The molecule has 11 nitrogen and oxygen atoms in total. The predicted molar refractivity (Wildman–Crippen MR) is 133 cm³/mol. The van der Waals surface area contributed by atoms with Crippen molar-refractivity contribution in [2.75, 3.05) is 23.2 Å². The zero-order chi connectivity index (χ0) is 25.1. The molecule has 0 saturated heterocycles. The number of nitrogens with zero attached hydrogens (tertiary/aromatic N) is 7. The minimum absolute atomic E-state index is 0.132. The maximum Gasteiger partial charge on any atom is 0.330 e. The summed E-state index contributed by atoms with van der Waals surface area (Å²) in [5.74, 6) is 1.49. The molecule has 1 aromatic carbocycles. The first kappa shape index (κ1) is 24.5. The molecular formula is C23H30N8O3S. The van der Waals surface area contributed by atoms with Gasteiger partial charge in [-0.2, -0.15) is 13.2 Å². The lowest BCUT2D eigenvalue weighted by atomic mass is 9.86. The Morgan fingerprint density at radius 1 is 1.09 bits per heavy atom. The molecule has 1 aliphatic heterocycles. The second-order valence-corrected chi connectivity index (χ2v) is 10.7. The van der Waals surface area contributed by atoms with E-state index < -0.39 is 10.2 Å². The number of nitrogen functional groups attached to an aromatic ring is 1. The van der Waals surface area contributed by atoms with Crippen LogP contribution in [0.3, 0.4) is 0 Å². The molecule has 2 aromatic heterocycles. The topological polar surface area (TPSA) is 132 Å². The van der Waals surface area contributed by atoms with Gasteiger partial charge in [-0.05, 0) is 66.8 Å². The van der Waals surface area contributed by atoms with Crippen LogP contribution in [0.25, 0.3) is 11.4 Å². The minimum Gasteiger partial charge on any atom is -0.494 e. The van der Waals surface area contributed by atoms with Crippen molar-refractivity contribution in [2.45, 2.75) is 40.2 Å². The van der Waals surface area contributed by atoms with E-state index in [4.69, 9.17) is 10.5 Å².